The van der Waals surface area contributed by atoms with Gasteiger partial charge in [0, 0.05) is 11.1 Å². The van der Waals surface area contributed by atoms with Crippen LogP contribution in [0.4, 0.5) is 5.69 Å². The monoisotopic (exact) mass is 470 g/mol. The average molecular weight is 471 g/mol. The first-order chi connectivity index (χ1) is 16.6. The zero-order chi connectivity index (χ0) is 25.3. The summed E-state index contributed by atoms with van der Waals surface area (Å²) in [5.74, 6) is 0.326. The lowest BCUT2D eigenvalue weighted by molar-refractivity contribution is 0.0519. The molecule has 0 saturated carbocycles. The van der Waals surface area contributed by atoms with Crippen LogP contribution >= 0.6 is 0 Å². The summed E-state index contributed by atoms with van der Waals surface area (Å²) in [7, 11) is 0. The van der Waals surface area contributed by atoms with Gasteiger partial charge in [-0.3, -0.25) is 0 Å². The Balaban J connectivity index is 1.84. The van der Waals surface area contributed by atoms with Crippen molar-refractivity contribution in [1.82, 2.24) is 4.57 Å². The van der Waals surface area contributed by atoms with Crippen LogP contribution in [0.2, 0.25) is 0 Å². The van der Waals surface area contributed by atoms with Crippen molar-refractivity contribution in [2.45, 2.75) is 53.1 Å². The van der Waals surface area contributed by atoms with E-state index in [2.05, 4.69) is 51.1 Å². The van der Waals surface area contributed by atoms with Gasteiger partial charge in [-0.05, 0) is 79.3 Å². The van der Waals surface area contributed by atoms with Crippen molar-refractivity contribution in [2.24, 2.45) is 0 Å². The van der Waals surface area contributed by atoms with Gasteiger partial charge in [0.25, 0.3) is 0 Å². The van der Waals surface area contributed by atoms with E-state index in [4.69, 9.17) is 15.2 Å². The van der Waals surface area contributed by atoms with Crippen molar-refractivity contribution >= 4 is 22.6 Å². The maximum Gasteiger partial charge on any atom is 0.357 e. The number of carbonyl (C=O) groups excluding carboxylic acids is 1. The summed E-state index contributed by atoms with van der Waals surface area (Å²) in [5.41, 5.74) is 12.5. The molecule has 0 bridgehead atoms. The number of aromatic nitrogens is 1. The summed E-state index contributed by atoms with van der Waals surface area (Å²) in [4.78, 5) is 13.0. The maximum atomic E-state index is 13.0. The number of hydrogen-bond donors (Lipinski definition) is 1. The van der Waals surface area contributed by atoms with Gasteiger partial charge in [-0.15, -0.1) is 0 Å². The first kappa shape index (κ1) is 24.4. The van der Waals surface area contributed by atoms with Crippen LogP contribution in [0.5, 0.6) is 5.75 Å². The second-order valence-corrected chi connectivity index (χ2v) is 10.0. The fraction of sp³-hybridized carbons (Fsp3) is 0.300. The number of carbonyl (C=O) groups is 1. The van der Waals surface area contributed by atoms with Crippen LogP contribution in [-0.2, 0) is 10.2 Å². The Bertz CT molecular complexity index is 1340. The van der Waals surface area contributed by atoms with Crippen molar-refractivity contribution in [3.05, 3.63) is 78.0 Å². The zero-order valence-corrected chi connectivity index (χ0v) is 21.4. The van der Waals surface area contributed by atoms with Crippen molar-refractivity contribution in [3.8, 4) is 22.6 Å². The molecule has 0 aliphatic rings. The topological polar surface area (TPSA) is 66.5 Å². The second kappa shape index (κ2) is 9.49. The Labute approximate surface area is 207 Å². The molecule has 0 saturated heterocycles. The predicted molar refractivity (Wildman–Crippen MR) is 144 cm³/mol. The van der Waals surface area contributed by atoms with Crippen molar-refractivity contribution in [3.63, 3.8) is 0 Å². The van der Waals surface area contributed by atoms with Gasteiger partial charge in [0.15, 0.2) is 5.69 Å². The lowest BCUT2D eigenvalue weighted by Gasteiger charge is -2.19. The summed E-state index contributed by atoms with van der Waals surface area (Å²) in [6.45, 7) is 12.6. The van der Waals surface area contributed by atoms with Crippen LogP contribution < -0.4 is 10.5 Å². The molecule has 0 aliphatic carbocycles. The molecule has 2 N–H and O–H groups in total. The molecule has 35 heavy (non-hydrogen) atoms. The molecule has 0 amide bonds. The number of esters is 1. The number of nitrogens with zero attached hydrogens (tertiary/aromatic N) is 1. The molecule has 0 atom stereocenters. The highest BCUT2D eigenvalue weighted by atomic mass is 16.5. The Hall–Kier alpha value is -3.73. The molecule has 1 aromatic heterocycles. The van der Waals surface area contributed by atoms with Crippen LogP contribution in [0.15, 0.2) is 66.7 Å². The highest BCUT2D eigenvalue weighted by molar-refractivity contribution is 6.08. The number of nitrogens with two attached hydrogens (primary N) is 1. The Morgan fingerprint density at radius 3 is 2.14 bits per heavy atom. The van der Waals surface area contributed by atoms with Gasteiger partial charge in [-0.25, -0.2) is 4.79 Å². The lowest BCUT2D eigenvalue weighted by atomic mass is 9.86. The van der Waals surface area contributed by atoms with Gasteiger partial charge in [-0.1, -0.05) is 51.1 Å². The lowest BCUT2D eigenvalue weighted by Crippen LogP contribution is -2.13. The normalized spacial score (nSPS) is 11.7. The predicted octanol–water partition coefficient (Wildman–Crippen LogP) is 7.14. The van der Waals surface area contributed by atoms with E-state index >= 15 is 0 Å². The van der Waals surface area contributed by atoms with Gasteiger partial charge in [-0.2, -0.15) is 0 Å². The summed E-state index contributed by atoms with van der Waals surface area (Å²) in [6, 6.07) is 22.4. The van der Waals surface area contributed by atoms with E-state index in [1.54, 1.807) is 6.92 Å². The fourth-order valence-corrected chi connectivity index (χ4v) is 4.27. The first-order valence-corrected chi connectivity index (χ1v) is 12.1. The summed E-state index contributed by atoms with van der Waals surface area (Å²) in [5, 5.41) is 0.813. The van der Waals surface area contributed by atoms with E-state index in [9.17, 15) is 4.79 Å². The molecule has 0 radical (unpaired) electrons. The molecular weight excluding hydrogens is 436 g/mol. The van der Waals surface area contributed by atoms with Crippen LogP contribution in [0, 0.1) is 0 Å². The number of ether oxygens (including phenoxy) is 2. The van der Waals surface area contributed by atoms with Crippen LogP contribution in [0.3, 0.4) is 0 Å². The average Bonchev–Trinajstić information content (AvgIpc) is 3.11. The third-order valence-electron chi connectivity index (χ3n) is 6.03. The number of fused-ring (bicyclic) bond motifs is 1. The molecule has 182 valence electrons. The minimum absolute atomic E-state index is 0.0786. The van der Waals surface area contributed by atoms with Crippen molar-refractivity contribution in [2.75, 3.05) is 12.3 Å². The summed E-state index contributed by atoms with van der Waals surface area (Å²) >= 11 is 0. The molecule has 1 heterocycles. The number of nitrogen functional groups attached to an aromatic ring is 1. The van der Waals surface area contributed by atoms with Crippen LogP contribution in [0.1, 0.15) is 57.6 Å². The standard InChI is InChI=1S/C30H34N2O3/c1-7-34-29(33)28-27(31)25-18-21(20-8-11-22(12-9-20)30(4,5)6)10-17-26(25)32(28)23-13-15-24(16-14-23)35-19(2)3/h8-19H,7,31H2,1-6H3. The Kier molecular flexibility index (Phi) is 6.62. The van der Waals surface area contributed by atoms with E-state index in [1.807, 2.05) is 54.8 Å². The fourth-order valence-electron chi connectivity index (χ4n) is 4.27. The van der Waals surface area contributed by atoms with E-state index < -0.39 is 5.97 Å². The van der Waals surface area contributed by atoms with Crippen LogP contribution in [0.25, 0.3) is 27.7 Å². The van der Waals surface area contributed by atoms with E-state index in [1.165, 1.54) is 5.56 Å². The molecule has 3 aromatic carbocycles. The van der Waals surface area contributed by atoms with Gasteiger partial charge >= 0.3 is 5.97 Å². The quantitative estimate of drug-likeness (QED) is 0.304. The molecule has 0 unspecified atom stereocenters. The molecule has 0 aliphatic heterocycles. The van der Waals surface area contributed by atoms with E-state index in [0.717, 1.165) is 33.5 Å². The summed E-state index contributed by atoms with van der Waals surface area (Å²) in [6.07, 6.45) is 0.0786. The molecule has 4 rings (SSSR count). The van der Waals surface area contributed by atoms with E-state index in [-0.39, 0.29) is 18.1 Å². The summed E-state index contributed by atoms with van der Waals surface area (Å²) < 4.78 is 13.0. The molecule has 0 spiro atoms. The third-order valence-corrected chi connectivity index (χ3v) is 6.03. The van der Waals surface area contributed by atoms with Crippen molar-refractivity contribution in [1.29, 1.82) is 0 Å². The Morgan fingerprint density at radius 1 is 0.943 bits per heavy atom. The number of benzene rings is 3. The highest BCUT2D eigenvalue weighted by Crippen LogP contribution is 2.36. The zero-order valence-electron chi connectivity index (χ0n) is 21.4. The molecule has 5 heteroatoms. The van der Waals surface area contributed by atoms with Gasteiger partial charge in [0.05, 0.1) is 23.9 Å². The third kappa shape index (κ3) is 4.90. The van der Waals surface area contributed by atoms with Crippen molar-refractivity contribution < 1.29 is 14.3 Å². The molecule has 0 fully saturated rings. The van der Waals surface area contributed by atoms with E-state index in [0.29, 0.717) is 11.4 Å². The SMILES string of the molecule is CCOC(=O)c1c(N)c2cc(-c3ccc(C(C)(C)C)cc3)ccc2n1-c1ccc(OC(C)C)cc1. The molecule has 4 aromatic rings. The number of anilines is 1. The minimum atomic E-state index is -0.445. The molecule has 5 nitrogen and oxygen atoms in total. The maximum absolute atomic E-state index is 13.0. The Morgan fingerprint density at radius 2 is 1.57 bits per heavy atom. The number of rotatable bonds is 6. The highest BCUT2D eigenvalue weighted by Gasteiger charge is 2.24. The number of hydrogen-bond acceptors (Lipinski definition) is 4. The smallest absolute Gasteiger partial charge is 0.357 e. The minimum Gasteiger partial charge on any atom is -0.491 e. The second-order valence-electron chi connectivity index (χ2n) is 10.0. The van der Waals surface area contributed by atoms with Crippen LogP contribution in [-0.4, -0.2) is 23.2 Å². The van der Waals surface area contributed by atoms with Gasteiger partial charge in [0.2, 0.25) is 0 Å². The first-order valence-electron chi connectivity index (χ1n) is 12.1. The largest absolute Gasteiger partial charge is 0.491 e. The van der Waals surface area contributed by atoms with Gasteiger partial charge in [0.1, 0.15) is 5.75 Å². The molecular formula is C30H34N2O3. The van der Waals surface area contributed by atoms with Gasteiger partial charge < -0.3 is 19.8 Å².